The Bertz CT molecular complexity index is 436. The van der Waals surface area contributed by atoms with Crippen LogP contribution in [-0.2, 0) is 0 Å². The van der Waals surface area contributed by atoms with Crippen LogP contribution in [-0.4, -0.2) is 16.7 Å². The summed E-state index contributed by atoms with van der Waals surface area (Å²) in [6.45, 7) is 0. The first kappa shape index (κ1) is 9.97. The first-order valence-corrected chi connectivity index (χ1v) is 4.17. The summed E-state index contributed by atoms with van der Waals surface area (Å²) in [5, 5.41) is 10.9. The van der Waals surface area contributed by atoms with Crippen LogP contribution in [0.1, 0.15) is 5.56 Å². The summed E-state index contributed by atoms with van der Waals surface area (Å²) in [6.07, 6.45) is -3.66. The van der Waals surface area contributed by atoms with E-state index in [-0.39, 0.29) is 22.2 Å². The summed E-state index contributed by atoms with van der Waals surface area (Å²) in [5.41, 5.74) is 0.249. The van der Waals surface area contributed by atoms with Crippen molar-refractivity contribution < 1.29 is 23.5 Å². The van der Waals surface area contributed by atoms with Crippen LogP contribution in [0, 0.1) is 0 Å². The Morgan fingerprint density at radius 1 is 1.33 bits per heavy atom. The molecule has 0 saturated heterocycles. The lowest BCUT2D eigenvalue weighted by Crippen LogP contribution is -2.25. The van der Waals surface area contributed by atoms with Crippen LogP contribution >= 0.6 is 11.6 Å². The van der Waals surface area contributed by atoms with Gasteiger partial charge >= 0.3 is 6.29 Å². The van der Waals surface area contributed by atoms with Gasteiger partial charge in [0.1, 0.15) is 0 Å². The third-order valence-electron chi connectivity index (χ3n) is 1.73. The molecule has 0 unspecified atom stereocenters. The van der Waals surface area contributed by atoms with E-state index >= 15 is 0 Å². The lowest BCUT2D eigenvalue weighted by atomic mass is 10.2. The summed E-state index contributed by atoms with van der Waals surface area (Å²) in [5.74, 6) is -0.245. The van der Waals surface area contributed by atoms with Crippen LogP contribution in [0.3, 0.4) is 0 Å². The Kier molecular flexibility index (Phi) is 2.15. The molecule has 15 heavy (non-hydrogen) atoms. The zero-order chi connectivity index (χ0) is 11.1. The number of rotatable bonds is 1. The van der Waals surface area contributed by atoms with Crippen LogP contribution in [0.2, 0.25) is 0 Å². The first-order valence-electron chi connectivity index (χ1n) is 3.80. The van der Waals surface area contributed by atoms with E-state index in [1.54, 1.807) is 0 Å². The average molecular weight is 236 g/mol. The minimum atomic E-state index is -3.66. The van der Waals surface area contributed by atoms with Crippen molar-refractivity contribution in [2.75, 3.05) is 0 Å². The Hall–Kier alpha value is -1.56. The molecule has 1 aliphatic heterocycles. The summed E-state index contributed by atoms with van der Waals surface area (Å²) in [7, 11) is 0. The SMILES string of the molecule is ON=C(Cl)c1ccc2c(c1)OC(F)(F)O2. The fourth-order valence-electron chi connectivity index (χ4n) is 1.14. The van der Waals surface area contributed by atoms with Crippen LogP contribution in [0.15, 0.2) is 23.4 Å². The molecule has 4 nitrogen and oxygen atoms in total. The number of benzene rings is 1. The minimum Gasteiger partial charge on any atom is -0.410 e. The van der Waals surface area contributed by atoms with Crippen molar-refractivity contribution in [1.82, 2.24) is 0 Å². The highest BCUT2D eigenvalue weighted by Crippen LogP contribution is 2.41. The summed E-state index contributed by atoms with van der Waals surface area (Å²) in [6, 6.07) is 3.81. The lowest BCUT2D eigenvalue weighted by Gasteiger charge is -2.04. The zero-order valence-electron chi connectivity index (χ0n) is 7.08. The van der Waals surface area contributed by atoms with Crippen LogP contribution in [0.4, 0.5) is 8.78 Å². The predicted octanol–water partition coefficient (Wildman–Crippen LogP) is 2.38. The first-order chi connectivity index (χ1) is 7.02. The van der Waals surface area contributed by atoms with Gasteiger partial charge in [-0.2, -0.15) is 0 Å². The molecular weight excluding hydrogens is 232 g/mol. The molecule has 0 spiro atoms. The highest BCUT2D eigenvalue weighted by molar-refractivity contribution is 6.69. The van der Waals surface area contributed by atoms with Gasteiger partial charge in [0.25, 0.3) is 0 Å². The van der Waals surface area contributed by atoms with Gasteiger partial charge in [-0.25, -0.2) is 0 Å². The van der Waals surface area contributed by atoms with E-state index in [1.165, 1.54) is 18.2 Å². The number of hydrogen-bond acceptors (Lipinski definition) is 4. The molecule has 1 aromatic rings. The number of oxime groups is 1. The van der Waals surface area contributed by atoms with Gasteiger partial charge < -0.3 is 14.7 Å². The molecule has 1 N–H and O–H groups in total. The van der Waals surface area contributed by atoms with Gasteiger partial charge in [0.15, 0.2) is 16.7 Å². The molecule has 0 fully saturated rings. The molecule has 1 aliphatic rings. The molecule has 80 valence electrons. The number of nitrogens with zero attached hydrogens (tertiary/aromatic N) is 1. The monoisotopic (exact) mass is 235 g/mol. The predicted molar refractivity (Wildman–Crippen MR) is 46.8 cm³/mol. The molecule has 0 saturated carbocycles. The van der Waals surface area contributed by atoms with Crippen molar-refractivity contribution >= 4 is 16.8 Å². The molecule has 0 amide bonds. The van der Waals surface area contributed by atoms with Crippen LogP contribution < -0.4 is 9.47 Å². The number of fused-ring (bicyclic) bond motifs is 1. The molecule has 0 bridgehead atoms. The largest absolute Gasteiger partial charge is 0.586 e. The van der Waals surface area contributed by atoms with Crippen molar-refractivity contribution in [3.05, 3.63) is 23.8 Å². The summed E-state index contributed by atoms with van der Waals surface area (Å²) in [4.78, 5) is 0. The number of hydrogen-bond donors (Lipinski definition) is 1. The molecule has 0 atom stereocenters. The molecule has 1 heterocycles. The van der Waals surface area contributed by atoms with Gasteiger partial charge in [0.2, 0.25) is 0 Å². The highest BCUT2D eigenvalue weighted by Gasteiger charge is 2.43. The lowest BCUT2D eigenvalue weighted by molar-refractivity contribution is -0.286. The van der Waals surface area contributed by atoms with Crippen LogP contribution in [0.25, 0.3) is 0 Å². The smallest absolute Gasteiger partial charge is 0.410 e. The van der Waals surface area contributed by atoms with Gasteiger partial charge in [-0.15, -0.1) is 8.78 Å². The standard InChI is InChI=1S/C8H4ClF2NO3/c9-7(12-13)4-1-2-5-6(3-4)15-8(10,11)14-5/h1-3,13H. The Morgan fingerprint density at radius 2 is 2.00 bits per heavy atom. The van der Waals surface area contributed by atoms with Crippen molar-refractivity contribution in [3.63, 3.8) is 0 Å². The molecule has 7 heteroatoms. The summed E-state index contributed by atoms with van der Waals surface area (Å²) < 4.78 is 33.5. The number of halogens is 3. The maximum absolute atomic E-state index is 12.6. The van der Waals surface area contributed by atoms with E-state index in [4.69, 9.17) is 16.8 Å². The second-order valence-electron chi connectivity index (χ2n) is 2.72. The van der Waals surface area contributed by atoms with Crippen molar-refractivity contribution in [3.8, 4) is 11.5 Å². The Balaban J connectivity index is 2.39. The summed E-state index contributed by atoms with van der Waals surface area (Å²) >= 11 is 5.48. The van der Waals surface area contributed by atoms with Gasteiger partial charge in [-0.3, -0.25) is 0 Å². The fraction of sp³-hybridized carbons (Fsp3) is 0.125. The van der Waals surface area contributed by atoms with E-state index in [9.17, 15) is 8.78 Å². The third kappa shape index (κ3) is 1.80. The molecule has 2 rings (SSSR count). The third-order valence-corrected chi connectivity index (χ3v) is 2.02. The quantitative estimate of drug-likeness (QED) is 0.462. The van der Waals surface area contributed by atoms with E-state index in [2.05, 4.69) is 14.6 Å². The van der Waals surface area contributed by atoms with Gasteiger partial charge in [-0.05, 0) is 18.2 Å². The molecule has 0 aliphatic carbocycles. The topological polar surface area (TPSA) is 51.1 Å². The van der Waals surface area contributed by atoms with Crippen molar-refractivity contribution in [2.24, 2.45) is 5.16 Å². The zero-order valence-corrected chi connectivity index (χ0v) is 7.83. The van der Waals surface area contributed by atoms with Crippen LogP contribution in [0.5, 0.6) is 11.5 Å². The number of ether oxygens (including phenoxy) is 2. The van der Waals surface area contributed by atoms with E-state index in [0.717, 1.165) is 0 Å². The normalized spacial score (nSPS) is 17.9. The van der Waals surface area contributed by atoms with Gasteiger partial charge in [0.05, 0.1) is 0 Å². The van der Waals surface area contributed by atoms with Gasteiger partial charge in [-0.1, -0.05) is 16.8 Å². The highest BCUT2D eigenvalue weighted by atomic mass is 35.5. The number of alkyl halides is 2. The second kappa shape index (κ2) is 3.23. The van der Waals surface area contributed by atoms with E-state index in [1.807, 2.05) is 0 Å². The molecule has 1 aromatic carbocycles. The minimum absolute atomic E-state index is 0.0915. The average Bonchev–Trinajstić information content (AvgIpc) is 2.49. The second-order valence-corrected chi connectivity index (χ2v) is 3.08. The Labute approximate surface area is 87.7 Å². The Morgan fingerprint density at radius 3 is 2.67 bits per heavy atom. The molecular formula is C8H4ClF2NO3. The maximum Gasteiger partial charge on any atom is 0.586 e. The molecule has 0 radical (unpaired) electrons. The van der Waals surface area contributed by atoms with Gasteiger partial charge in [0, 0.05) is 5.56 Å². The van der Waals surface area contributed by atoms with Crippen molar-refractivity contribution in [2.45, 2.75) is 6.29 Å². The molecule has 0 aromatic heterocycles. The fourth-order valence-corrected chi connectivity index (χ4v) is 1.25. The van der Waals surface area contributed by atoms with Crippen molar-refractivity contribution in [1.29, 1.82) is 0 Å². The maximum atomic E-state index is 12.6. The van der Waals surface area contributed by atoms with E-state index in [0.29, 0.717) is 0 Å². The van der Waals surface area contributed by atoms with E-state index < -0.39 is 6.29 Å².